The van der Waals surface area contributed by atoms with Gasteiger partial charge in [0.15, 0.2) is 0 Å². The second-order valence-electron chi connectivity index (χ2n) is 5.09. The Labute approximate surface area is 97.6 Å². The van der Waals surface area contributed by atoms with Crippen LogP contribution in [-0.2, 0) is 11.6 Å². The number of alkyl halides is 3. The molecule has 5 heteroatoms. The summed E-state index contributed by atoms with van der Waals surface area (Å²) < 4.78 is 52.7. The van der Waals surface area contributed by atoms with Gasteiger partial charge in [-0.05, 0) is 24.0 Å². The number of nitrogen functional groups attached to an aromatic ring is 1. The standard InChI is InChI=1S/C12H15F4N/c1-6-5-7(17)10(13)9(11(2,3)4)8(6)12(14,15)16/h5H,17H2,1-4H3. The van der Waals surface area contributed by atoms with Crippen LogP contribution in [0.4, 0.5) is 23.2 Å². The minimum Gasteiger partial charge on any atom is -0.396 e. The van der Waals surface area contributed by atoms with Crippen LogP contribution in [0, 0.1) is 12.7 Å². The van der Waals surface area contributed by atoms with Crippen molar-refractivity contribution in [1.82, 2.24) is 0 Å². The zero-order valence-corrected chi connectivity index (χ0v) is 10.2. The highest BCUT2D eigenvalue weighted by atomic mass is 19.4. The summed E-state index contributed by atoms with van der Waals surface area (Å²) in [4.78, 5) is 0. The van der Waals surface area contributed by atoms with Gasteiger partial charge in [0.25, 0.3) is 0 Å². The molecule has 0 amide bonds. The number of rotatable bonds is 0. The van der Waals surface area contributed by atoms with Crippen molar-refractivity contribution in [3.05, 3.63) is 28.6 Å². The van der Waals surface area contributed by atoms with Crippen molar-refractivity contribution in [2.24, 2.45) is 0 Å². The van der Waals surface area contributed by atoms with Crippen LogP contribution in [0.25, 0.3) is 0 Å². The fourth-order valence-electron chi connectivity index (χ4n) is 1.89. The van der Waals surface area contributed by atoms with Crippen molar-refractivity contribution in [2.45, 2.75) is 39.3 Å². The molecule has 0 aromatic heterocycles. The predicted molar refractivity (Wildman–Crippen MR) is 59.3 cm³/mol. The Balaban J connectivity index is 3.76. The Morgan fingerprint density at radius 3 is 1.88 bits per heavy atom. The third-order valence-corrected chi connectivity index (χ3v) is 2.52. The smallest absolute Gasteiger partial charge is 0.396 e. The molecule has 2 N–H and O–H groups in total. The van der Waals surface area contributed by atoms with Gasteiger partial charge in [0.1, 0.15) is 5.82 Å². The largest absolute Gasteiger partial charge is 0.417 e. The van der Waals surface area contributed by atoms with Gasteiger partial charge in [0.2, 0.25) is 0 Å². The highest BCUT2D eigenvalue weighted by Gasteiger charge is 2.40. The Morgan fingerprint density at radius 2 is 1.53 bits per heavy atom. The Kier molecular flexibility index (Phi) is 3.16. The number of anilines is 1. The third kappa shape index (κ3) is 2.53. The lowest BCUT2D eigenvalue weighted by Crippen LogP contribution is -2.23. The van der Waals surface area contributed by atoms with Crippen LogP contribution >= 0.6 is 0 Å². The van der Waals surface area contributed by atoms with E-state index in [4.69, 9.17) is 5.73 Å². The van der Waals surface area contributed by atoms with Gasteiger partial charge in [-0.15, -0.1) is 0 Å². The molecule has 0 heterocycles. The second-order valence-corrected chi connectivity index (χ2v) is 5.09. The minimum atomic E-state index is -4.58. The van der Waals surface area contributed by atoms with Crippen LogP contribution in [0.3, 0.4) is 0 Å². The number of nitrogens with two attached hydrogens (primary N) is 1. The first-order valence-corrected chi connectivity index (χ1v) is 5.12. The first-order chi connectivity index (χ1) is 7.46. The van der Waals surface area contributed by atoms with Crippen molar-refractivity contribution in [2.75, 3.05) is 5.73 Å². The van der Waals surface area contributed by atoms with Crippen LogP contribution in [0.5, 0.6) is 0 Å². The summed E-state index contributed by atoms with van der Waals surface area (Å²) in [6.07, 6.45) is -4.58. The number of benzene rings is 1. The minimum absolute atomic E-state index is 0.0543. The van der Waals surface area contributed by atoms with E-state index in [1.807, 2.05) is 0 Å². The molecule has 0 unspecified atom stereocenters. The molecule has 0 atom stereocenters. The van der Waals surface area contributed by atoms with E-state index in [1.165, 1.54) is 27.7 Å². The van der Waals surface area contributed by atoms with Crippen LogP contribution in [0.2, 0.25) is 0 Å². The summed E-state index contributed by atoms with van der Waals surface area (Å²) in [6.45, 7) is 5.87. The van der Waals surface area contributed by atoms with Crippen molar-refractivity contribution in [3.63, 3.8) is 0 Å². The van der Waals surface area contributed by atoms with Crippen LogP contribution in [-0.4, -0.2) is 0 Å². The van der Waals surface area contributed by atoms with E-state index in [2.05, 4.69) is 0 Å². The topological polar surface area (TPSA) is 26.0 Å². The van der Waals surface area contributed by atoms with E-state index in [0.29, 0.717) is 0 Å². The van der Waals surface area contributed by atoms with Crippen molar-refractivity contribution in [3.8, 4) is 0 Å². The molecule has 96 valence electrons. The summed E-state index contributed by atoms with van der Waals surface area (Å²) in [5.74, 6) is -0.976. The molecular formula is C12H15F4N. The molecule has 0 saturated heterocycles. The van der Waals surface area contributed by atoms with E-state index in [1.54, 1.807) is 0 Å². The molecule has 0 aliphatic heterocycles. The number of hydrogen-bond acceptors (Lipinski definition) is 1. The first kappa shape index (κ1) is 13.8. The lowest BCUT2D eigenvalue weighted by Gasteiger charge is -2.27. The van der Waals surface area contributed by atoms with E-state index in [0.717, 1.165) is 6.07 Å². The molecule has 0 saturated carbocycles. The van der Waals surface area contributed by atoms with Crippen LogP contribution < -0.4 is 5.73 Å². The average Bonchev–Trinajstić information content (AvgIpc) is 2.06. The molecule has 1 aromatic rings. The average molecular weight is 249 g/mol. The van der Waals surface area contributed by atoms with Gasteiger partial charge in [-0.3, -0.25) is 0 Å². The third-order valence-electron chi connectivity index (χ3n) is 2.52. The molecule has 0 aliphatic rings. The first-order valence-electron chi connectivity index (χ1n) is 5.12. The highest BCUT2D eigenvalue weighted by Crippen LogP contribution is 2.42. The second kappa shape index (κ2) is 3.89. The monoisotopic (exact) mass is 249 g/mol. The Hall–Kier alpha value is -1.26. The molecule has 0 radical (unpaired) electrons. The van der Waals surface area contributed by atoms with E-state index >= 15 is 0 Å². The maximum absolute atomic E-state index is 13.8. The zero-order chi connectivity index (χ0) is 13.6. The molecule has 0 aliphatic carbocycles. The molecule has 1 rings (SSSR count). The molecule has 1 nitrogen and oxygen atoms in total. The quantitative estimate of drug-likeness (QED) is 0.545. The Morgan fingerprint density at radius 1 is 1.06 bits per heavy atom. The fourth-order valence-corrected chi connectivity index (χ4v) is 1.89. The van der Waals surface area contributed by atoms with E-state index in [9.17, 15) is 17.6 Å². The summed E-state index contributed by atoms with van der Waals surface area (Å²) in [5, 5.41) is 0. The van der Waals surface area contributed by atoms with Crippen molar-refractivity contribution in [1.29, 1.82) is 0 Å². The highest BCUT2D eigenvalue weighted by molar-refractivity contribution is 5.54. The summed E-state index contributed by atoms with van der Waals surface area (Å²) in [7, 11) is 0. The predicted octanol–water partition coefficient (Wildman–Crippen LogP) is 4.03. The lowest BCUT2D eigenvalue weighted by atomic mass is 9.81. The summed E-state index contributed by atoms with van der Waals surface area (Å²) >= 11 is 0. The SMILES string of the molecule is Cc1cc(N)c(F)c(C(C)(C)C)c1C(F)(F)F. The molecule has 0 bridgehead atoms. The fraction of sp³-hybridized carbons (Fsp3) is 0.500. The number of halogens is 4. The number of aryl methyl sites for hydroxylation is 1. The van der Waals surface area contributed by atoms with Gasteiger partial charge in [0.05, 0.1) is 11.3 Å². The van der Waals surface area contributed by atoms with Crippen molar-refractivity contribution < 1.29 is 17.6 Å². The molecule has 0 spiro atoms. The van der Waals surface area contributed by atoms with Gasteiger partial charge >= 0.3 is 6.18 Å². The normalized spacial score (nSPS) is 12.9. The maximum atomic E-state index is 13.8. The van der Waals surface area contributed by atoms with E-state index in [-0.39, 0.29) is 16.8 Å². The molecule has 17 heavy (non-hydrogen) atoms. The molecular weight excluding hydrogens is 234 g/mol. The maximum Gasteiger partial charge on any atom is 0.417 e. The van der Waals surface area contributed by atoms with E-state index < -0.39 is 23.0 Å². The zero-order valence-electron chi connectivity index (χ0n) is 10.2. The Bertz CT molecular complexity index is 441. The van der Waals surface area contributed by atoms with Gasteiger partial charge in [-0.1, -0.05) is 20.8 Å². The summed E-state index contributed by atoms with van der Waals surface area (Å²) in [5.41, 5.74) is 2.83. The van der Waals surface area contributed by atoms with Crippen molar-refractivity contribution >= 4 is 5.69 Å². The van der Waals surface area contributed by atoms with Gasteiger partial charge in [0, 0.05) is 5.56 Å². The van der Waals surface area contributed by atoms with Crippen LogP contribution in [0.15, 0.2) is 6.07 Å². The number of hydrogen-bond donors (Lipinski definition) is 1. The summed E-state index contributed by atoms with van der Waals surface area (Å²) in [6, 6.07) is 1.02. The lowest BCUT2D eigenvalue weighted by molar-refractivity contribution is -0.139. The van der Waals surface area contributed by atoms with Gasteiger partial charge in [-0.2, -0.15) is 13.2 Å². The van der Waals surface area contributed by atoms with Gasteiger partial charge < -0.3 is 5.73 Å². The molecule has 0 fully saturated rings. The molecule has 1 aromatic carbocycles. The van der Waals surface area contributed by atoms with Gasteiger partial charge in [-0.25, -0.2) is 4.39 Å². The van der Waals surface area contributed by atoms with Crippen LogP contribution in [0.1, 0.15) is 37.5 Å².